The minimum absolute atomic E-state index is 0.288. The largest absolute Gasteiger partial charge is 0.505 e. The molecule has 1 aliphatic rings. The van der Waals surface area contributed by atoms with Gasteiger partial charge in [-0.3, -0.25) is 14.5 Å². The molecule has 8 nitrogen and oxygen atoms in total. The Bertz CT molecular complexity index is 705. The molecule has 1 aromatic carbocycles. The third-order valence-electron chi connectivity index (χ3n) is 2.27. The normalized spacial score (nSPS) is 13.9. The van der Waals surface area contributed by atoms with Crippen LogP contribution in [0.4, 0.5) is 5.69 Å². The lowest BCUT2D eigenvalue weighted by atomic mass is 10.2. The molecule has 0 saturated carbocycles. The highest BCUT2D eigenvalue weighted by Crippen LogP contribution is 2.29. The lowest BCUT2D eigenvalue weighted by Crippen LogP contribution is -2.18. The summed E-state index contributed by atoms with van der Waals surface area (Å²) in [5, 5.41) is 18.0. The zero-order valence-corrected chi connectivity index (χ0v) is 10.6. The van der Waals surface area contributed by atoms with E-state index in [-0.39, 0.29) is 5.69 Å². The van der Waals surface area contributed by atoms with Gasteiger partial charge < -0.3 is 10.2 Å². The molecule has 0 bridgehead atoms. The summed E-state index contributed by atoms with van der Waals surface area (Å²) in [4.78, 5) is 19.7. The van der Waals surface area contributed by atoms with E-state index in [4.69, 9.17) is 5.11 Å². The first-order valence-electron chi connectivity index (χ1n) is 5.20. The number of allylic oxidation sites excluding steroid dienone is 2. The van der Waals surface area contributed by atoms with Crippen LogP contribution in [-0.2, 0) is 19.8 Å². The van der Waals surface area contributed by atoms with Crippen molar-refractivity contribution in [3.05, 3.63) is 47.3 Å². The van der Waals surface area contributed by atoms with Crippen molar-refractivity contribution in [3.63, 3.8) is 0 Å². The van der Waals surface area contributed by atoms with Crippen molar-refractivity contribution in [1.29, 1.82) is 0 Å². The van der Waals surface area contributed by atoms with Crippen molar-refractivity contribution >= 4 is 21.7 Å². The van der Waals surface area contributed by atoms with Gasteiger partial charge in [-0.1, -0.05) is 6.07 Å². The van der Waals surface area contributed by atoms with Crippen LogP contribution in [0.1, 0.15) is 10.4 Å². The molecule has 0 spiro atoms. The third-order valence-corrected chi connectivity index (χ3v) is 3.49. The molecule has 0 saturated heterocycles. The van der Waals surface area contributed by atoms with E-state index >= 15 is 0 Å². The van der Waals surface area contributed by atoms with Gasteiger partial charge in [0.1, 0.15) is 11.8 Å². The summed E-state index contributed by atoms with van der Waals surface area (Å²) in [6, 6.07) is 3.63. The van der Waals surface area contributed by atoms with E-state index in [1.807, 2.05) is 4.72 Å². The van der Waals surface area contributed by atoms with Crippen molar-refractivity contribution in [2.75, 3.05) is 4.72 Å². The number of para-hydroxylation sites is 1. The highest BCUT2D eigenvalue weighted by molar-refractivity contribution is 7.96. The van der Waals surface area contributed by atoms with Gasteiger partial charge in [0.05, 0.1) is 5.69 Å². The van der Waals surface area contributed by atoms with Gasteiger partial charge >= 0.3 is 5.97 Å². The Labute approximate surface area is 113 Å². The third kappa shape index (κ3) is 2.67. The average molecular weight is 299 g/mol. The minimum atomic E-state index is -4.14. The van der Waals surface area contributed by atoms with E-state index in [0.29, 0.717) is 0 Å². The number of hydrogen-bond acceptors (Lipinski definition) is 6. The summed E-state index contributed by atoms with van der Waals surface area (Å²) in [6.07, 6.45) is 3.55. The molecule has 2 rings (SSSR count). The smallest absolute Gasteiger partial charge is 0.339 e. The Hall–Kier alpha value is -2.68. The first kappa shape index (κ1) is 13.7. The Morgan fingerprint density at radius 1 is 1.30 bits per heavy atom. The summed E-state index contributed by atoms with van der Waals surface area (Å²) >= 11 is 0. The number of phenols is 1. The number of carboxylic acid groups (broad SMARTS) is 1. The summed E-state index contributed by atoms with van der Waals surface area (Å²) in [6.45, 7) is 0. The van der Waals surface area contributed by atoms with Crippen molar-refractivity contribution in [2.24, 2.45) is 0 Å². The fraction of sp³-hybridized carbons (Fsp3) is 0. The molecule has 106 valence electrons. The van der Waals surface area contributed by atoms with Gasteiger partial charge in [-0.05, 0) is 18.2 Å². The molecule has 0 amide bonds. The lowest BCUT2D eigenvalue weighted by molar-refractivity contribution is -0.204. The Morgan fingerprint density at radius 2 is 2.05 bits per heavy atom. The van der Waals surface area contributed by atoms with Gasteiger partial charge in [0, 0.05) is 6.08 Å². The number of hydrogen-bond donors (Lipinski definition) is 3. The molecule has 3 N–H and O–H groups in total. The number of carboxylic acids is 1. The average Bonchev–Trinajstić information content (AvgIpc) is 2.41. The van der Waals surface area contributed by atoms with Crippen molar-refractivity contribution < 1.29 is 33.2 Å². The maximum absolute atomic E-state index is 11.9. The second kappa shape index (κ2) is 5.13. The van der Waals surface area contributed by atoms with Gasteiger partial charge in [0.15, 0.2) is 5.75 Å². The maximum Gasteiger partial charge on any atom is 0.339 e. The number of aromatic hydroxyl groups is 1. The Morgan fingerprint density at radius 3 is 2.65 bits per heavy atom. The maximum atomic E-state index is 11.9. The van der Waals surface area contributed by atoms with Gasteiger partial charge in [-0.2, -0.15) is 8.42 Å². The Kier molecular flexibility index (Phi) is 3.53. The highest BCUT2D eigenvalue weighted by Gasteiger charge is 2.24. The van der Waals surface area contributed by atoms with Crippen LogP contribution in [0.3, 0.4) is 0 Å². The van der Waals surface area contributed by atoms with Crippen LogP contribution in [0.5, 0.6) is 5.75 Å². The van der Waals surface area contributed by atoms with Crippen molar-refractivity contribution in [2.45, 2.75) is 0 Å². The van der Waals surface area contributed by atoms with Gasteiger partial charge in [0.2, 0.25) is 0 Å². The molecule has 1 aliphatic heterocycles. The van der Waals surface area contributed by atoms with Crippen molar-refractivity contribution in [1.82, 2.24) is 0 Å². The predicted molar refractivity (Wildman–Crippen MR) is 67.0 cm³/mol. The van der Waals surface area contributed by atoms with Crippen molar-refractivity contribution in [3.8, 4) is 5.75 Å². The second-order valence-corrected chi connectivity index (χ2v) is 5.22. The molecule has 9 heteroatoms. The van der Waals surface area contributed by atoms with Crippen LogP contribution in [-0.4, -0.2) is 24.6 Å². The predicted octanol–water partition coefficient (Wildman–Crippen LogP) is 1.15. The van der Waals surface area contributed by atoms with Crippen LogP contribution < -0.4 is 4.72 Å². The summed E-state index contributed by atoms with van der Waals surface area (Å²) in [5.74, 6) is -2.08. The fourth-order valence-electron chi connectivity index (χ4n) is 1.38. The van der Waals surface area contributed by atoms with E-state index in [1.54, 1.807) is 0 Å². The van der Waals surface area contributed by atoms with E-state index in [9.17, 15) is 18.3 Å². The van der Waals surface area contributed by atoms with Gasteiger partial charge in [-0.25, -0.2) is 4.79 Å². The summed E-state index contributed by atoms with van der Waals surface area (Å²) in [5.41, 5.74) is -0.719. The number of sulfonamides is 1. The molecule has 0 aliphatic carbocycles. The summed E-state index contributed by atoms with van der Waals surface area (Å²) in [7, 11) is -4.14. The van der Waals surface area contributed by atoms with Gasteiger partial charge in [-0.15, -0.1) is 0 Å². The molecular weight excluding hydrogens is 290 g/mol. The first-order chi connectivity index (χ1) is 9.42. The number of benzene rings is 1. The molecule has 0 fully saturated rings. The monoisotopic (exact) mass is 299 g/mol. The van der Waals surface area contributed by atoms with E-state index in [2.05, 4.69) is 9.78 Å². The second-order valence-electron chi connectivity index (χ2n) is 3.61. The first-order valence-corrected chi connectivity index (χ1v) is 6.68. The van der Waals surface area contributed by atoms with Crippen LogP contribution >= 0.6 is 0 Å². The van der Waals surface area contributed by atoms with Crippen LogP contribution in [0.25, 0.3) is 0 Å². The number of nitrogens with one attached hydrogen (secondary N) is 1. The van der Waals surface area contributed by atoms with Crippen LogP contribution in [0.15, 0.2) is 41.7 Å². The molecule has 0 atom stereocenters. The number of carbonyl (C=O) groups is 1. The molecule has 1 aromatic rings. The lowest BCUT2D eigenvalue weighted by Gasteiger charge is -2.13. The van der Waals surface area contributed by atoms with Crippen LogP contribution in [0, 0.1) is 0 Å². The molecule has 0 aromatic heterocycles. The standard InChI is InChI=1S/C11H9NO7S/c13-10-7(11(14)15)3-1-4-8(10)12-20(16,17)9-5-2-6-18-19-9/h1-6,12-13H,(H,14,15). The zero-order valence-electron chi connectivity index (χ0n) is 9.81. The number of anilines is 1. The Balaban J connectivity index is 2.35. The van der Waals surface area contributed by atoms with Gasteiger partial charge in [0.25, 0.3) is 15.1 Å². The van der Waals surface area contributed by atoms with E-state index < -0.39 is 32.4 Å². The van der Waals surface area contributed by atoms with E-state index in [0.717, 1.165) is 18.4 Å². The minimum Gasteiger partial charge on any atom is -0.505 e. The molecule has 1 heterocycles. The van der Waals surface area contributed by atoms with E-state index in [1.165, 1.54) is 18.2 Å². The molecular formula is C11H9NO7S. The highest BCUT2D eigenvalue weighted by atomic mass is 32.2. The van der Waals surface area contributed by atoms with Crippen LogP contribution in [0.2, 0.25) is 0 Å². The fourth-order valence-corrected chi connectivity index (χ4v) is 2.32. The molecule has 20 heavy (non-hydrogen) atoms. The summed E-state index contributed by atoms with van der Waals surface area (Å²) < 4.78 is 25.8. The topological polar surface area (TPSA) is 122 Å². The quantitative estimate of drug-likeness (QED) is 0.563. The molecule has 0 radical (unpaired) electrons. The SMILES string of the molecule is O=C(O)c1cccc(NS(=O)(=O)C2=CC=COO2)c1O. The number of aromatic carboxylic acids is 1. The number of rotatable bonds is 4. The zero-order chi connectivity index (χ0) is 14.8. The molecule has 0 unspecified atom stereocenters.